The molecule has 0 aromatic heterocycles. The molecule has 0 aliphatic carbocycles. The second-order valence-electron chi connectivity index (χ2n) is 5.41. The van der Waals surface area contributed by atoms with E-state index in [4.69, 9.17) is 11.6 Å². The Labute approximate surface area is 141 Å². The van der Waals surface area contributed by atoms with E-state index in [1.807, 2.05) is 0 Å². The van der Waals surface area contributed by atoms with Crippen LogP contribution in [0.2, 0.25) is 5.02 Å². The number of carbonyl (C=O) groups is 2. The maximum absolute atomic E-state index is 12.2. The number of rotatable bonds is 2. The number of halogens is 2. The number of nitrogens with zero attached hydrogens (tertiary/aromatic N) is 1. The molecule has 2 N–H and O–H groups in total. The van der Waals surface area contributed by atoms with Crippen molar-refractivity contribution in [1.29, 1.82) is 0 Å². The van der Waals surface area contributed by atoms with E-state index in [9.17, 15) is 14.7 Å². The Hall–Kier alpha value is -1.02. The van der Waals surface area contributed by atoms with Gasteiger partial charge in [0.05, 0.1) is 11.1 Å². The van der Waals surface area contributed by atoms with Crippen LogP contribution in [0.15, 0.2) is 18.2 Å². The SMILES string of the molecule is CC1(C(=O)O)CCN(C(=O)Nc2ccc(Cl)cc2I)CC1. The van der Waals surface area contributed by atoms with Crippen molar-refractivity contribution < 1.29 is 14.7 Å². The highest BCUT2D eigenvalue weighted by molar-refractivity contribution is 14.1. The highest BCUT2D eigenvalue weighted by Gasteiger charge is 2.38. The van der Waals surface area contributed by atoms with Crippen LogP contribution in [-0.4, -0.2) is 35.1 Å². The minimum absolute atomic E-state index is 0.206. The maximum atomic E-state index is 12.2. The summed E-state index contributed by atoms with van der Waals surface area (Å²) < 4.78 is 0.862. The van der Waals surface area contributed by atoms with Gasteiger partial charge in [-0.3, -0.25) is 4.79 Å². The van der Waals surface area contributed by atoms with Crippen LogP contribution in [0, 0.1) is 8.99 Å². The van der Waals surface area contributed by atoms with Gasteiger partial charge in [0.25, 0.3) is 0 Å². The molecule has 0 atom stereocenters. The topological polar surface area (TPSA) is 69.6 Å². The molecule has 1 aromatic rings. The Morgan fingerprint density at radius 3 is 2.52 bits per heavy atom. The molecule has 1 saturated heterocycles. The number of benzene rings is 1. The lowest BCUT2D eigenvalue weighted by molar-refractivity contribution is -0.150. The van der Waals surface area contributed by atoms with Gasteiger partial charge in [0.15, 0.2) is 0 Å². The number of aliphatic carboxylic acids is 1. The van der Waals surface area contributed by atoms with E-state index < -0.39 is 11.4 Å². The largest absolute Gasteiger partial charge is 0.481 e. The van der Waals surface area contributed by atoms with Crippen molar-refractivity contribution in [3.05, 3.63) is 26.8 Å². The summed E-state index contributed by atoms with van der Waals surface area (Å²) in [6, 6.07) is 5.04. The van der Waals surface area contributed by atoms with Crippen LogP contribution in [0.1, 0.15) is 19.8 Å². The standard InChI is InChI=1S/C14H16ClIN2O3/c1-14(12(19)20)4-6-18(7-5-14)13(21)17-11-3-2-9(15)8-10(11)16/h2-3,8H,4-7H2,1H3,(H,17,21)(H,19,20). The van der Waals surface area contributed by atoms with Crippen molar-refractivity contribution in [3.8, 4) is 0 Å². The highest BCUT2D eigenvalue weighted by Crippen LogP contribution is 2.31. The zero-order chi connectivity index (χ0) is 15.6. The molecule has 1 aliphatic heterocycles. The van der Waals surface area contributed by atoms with Gasteiger partial charge >= 0.3 is 12.0 Å². The molecule has 1 fully saturated rings. The number of urea groups is 1. The van der Waals surface area contributed by atoms with Gasteiger partial charge in [0, 0.05) is 21.7 Å². The Kier molecular flexibility index (Phi) is 4.98. The van der Waals surface area contributed by atoms with Crippen molar-refractivity contribution in [2.75, 3.05) is 18.4 Å². The van der Waals surface area contributed by atoms with Gasteiger partial charge in [0.1, 0.15) is 0 Å². The minimum atomic E-state index is -0.796. The first kappa shape index (κ1) is 16.4. The molecule has 0 bridgehead atoms. The molecule has 7 heteroatoms. The third kappa shape index (κ3) is 3.79. The van der Waals surface area contributed by atoms with Crippen molar-refractivity contribution in [2.24, 2.45) is 5.41 Å². The molecule has 1 heterocycles. The molecule has 2 amide bonds. The summed E-state index contributed by atoms with van der Waals surface area (Å²) in [5.74, 6) is -0.796. The molecule has 0 spiro atoms. The fourth-order valence-electron chi connectivity index (χ4n) is 2.20. The summed E-state index contributed by atoms with van der Waals surface area (Å²) in [4.78, 5) is 25.1. The third-order valence-corrected chi connectivity index (χ3v) is 4.97. The lowest BCUT2D eigenvalue weighted by Gasteiger charge is -2.36. The van der Waals surface area contributed by atoms with Crippen molar-refractivity contribution in [2.45, 2.75) is 19.8 Å². The number of amides is 2. The molecule has 0 radical (unpaired) electrons. The zero-order valence-corrected chi connectivity index (χ0v) is 14.4. The smallest absolute Gasteiger partial charge is 0.321 e. The van der Waals surface area contributed by atoms with Crippen LogP contribution in [0.25, 0.3) is 0 Å². The van der Waals surface area contributed by atoms with Crippen LogP contribution < -0.4 is 5.32 Å². The number of carboxylic acid groups (broad SMARTS) is 1. The van der Waals surface area contributed by atoms with Crippen molar-refractivity contribution in [3.63, 3.8) is 0 Å². The minimum Gasteiger partial charge on any atom is -0.481 e. The molecule has 21 heavy (non-hydrogen) atoms. The van der Waals surface area contributed by atoms with Gasteiger partial charge in [-0.2, -0.15) is 0 Å². The molecule has 1 aliphatic rings. The predicted molar refractivity (Wildman–Crippen MR) is 89.7 cm³/mol. The fourth-order valence-corrected chi connectivity index (χ4v) is 3.21. The summed E-state index contributed by atoms with van der Waals surface area (Å²) in [5, 5.41) is 12.6. The van der Waals surface area contributed by atoms with Crippen LogP contribution in [-0.2, 0) is 4.79 Å². The summed E-state index contributed by atoms with van der Waals surface area (Å²) in [5.41, 5.74) is -0.0255. The van der Waals surface area contributed by atoms with E-state index in [0.717, 1.165) is 3.57 Å². The number of anilines is 1. The van der Waals surface area contributed by atoms with Crippen LogP contribution in [0.3, 0.4) is 0 Å². The van der Waals surface area contributed by atoms with Crippen molar-refractivity contribution >= 4 is 51.9 Å². The molecule has 2 rings (SSSR count). The summed E-state index contributed by atoms with van der Waals surface area (Å²) >= 11 is 7.99. The van der Waals surface area contributed by atoms with E-state index in [1.165, 1.54) is 0 Å². The third-order valence-electron chi connectivity index (χ3n) is 3.84. The number of hydrogen-bond donors (Lipinski definition) is 2. The number of carboxylic acids is 1. The van der Waals surface area contributed by atoms with E-state index in [2.05, 4.69) is 27.9 Å². The summed E-state index contributed by atoms with van der Waals surface area (Å²) in [7, 11) is 0. The highest BCUT2D eigenvalue weighted by atomic mass is 127. The number of hydrogen-bond acceptors (Lipinski definition) is 2. The second-order valence-corrected chi connectivity index (χ2v) is 7.01. The van der Waals surface area contributed by atoms with E-state index in [0.29, 0.717) is 36.6 Å². The second kappa shape index (κ2) is 6.39. The first-order chi connectivity index (χ1) is 9.82. The van der Waals surface area contributed by atoms with E-state index in [-0.39, 0.29) is 6.03 Å². The summed E-state index contributed by atoms with van der Waals surface area (Å²) in [6.45, 7) is 2.62. The quantitative estimate of drug-likeness (QED) is 0.715. The maximum Gasteiger partial charge on any atom is 0.321 e. The van der Waals surface area contributed by atoms with E-state index in [1.54, 1.807) is 30.0 Å². The number of carbonyl (C=O) groups excluding carboxylic acids is 1. The Balaban J connectivity index is 1.98. The Bertz CT molecular complexity index is 571. The molecule has 114 valence electrons. The molecule has 0 saturated carbocycles. The van der Waals surface area contributed by atoms with Gasteiger partial charge in [-0.05, 0) is 60.6 Å². The van der Waals surface area contributed by atoms with Gasteiger partial charge < -0.3 is 15.3 Å². The fraction of sp³-hybridized carbons (Fsp3) is 0.429. The lowest BCUT2D eigenvalue weighted by Crippen LogP contribution is -2.46. The molecule has 0 unspecified atom stereocenters. The van der Waals surface area contributed by atoms with Gasteiger partial charge in [-0.15, -0.1) is 0 Å². The molecular weight excluding hydrogens is 407 g/mol. The first-order valence-corrected chi connectivity index (χ1v) is 8.02. The average molecular weight is 423 g/mol. The lowest BCUT2D eigenvalue weighted by atomic mass is 9.80. The first-order valence-electron chi connectivity index (χ1n) is 6.56. The molecular formula is C14H16ClIN2O3. The molecule has 1 aromatic carbocycles. The van der Waals surface area contributed by atoms with Gasteiger partial charge in [-0.25, -0.2) is 4.79 Å². The number of likely N-dealkylation sites (tertiary alicyclic amines) is 1. The average Bonchev–Trinajstić information content (AvgIpc) is 2.42. The van der Waals surface area contributed by atoms with Gasteiger partial charge in [-0.1, -0.05) is 11.6 Å². The van der Waals surface area contributed by atoms with Crippen molar-refractivity contribution in [1.82, 2.24) is 4.90 Å². The monoisotopic (exact) mass is 422 g/mol. The predicted octanol–water partition coefficient (Wildman–Crippen LogP) is 3.66. The van der Waals surface area contributed by atoms with Gasteiger partial charge in [0.2, 0.25) is 0 Å². The van der Waals surface area contributed by atoms with E-state index >= 15 is 0 Å². The summed E-state index contributed by atoms with van der Waals surface area (Å²) in [6.07, 6.45) is 0.931. The van der Waals surface area contributed by atoms with Crippen LogP contribution >= 0.6 is 34.2 Å². The number of piperidine rings is 1. The zero-order valence-electron chi connectivity index (χ0n) is 11.5. The molecule has 5 nitrogen and oxygen atoms in total. The Morgan fingerprint density at radius 1 is 1.38 bits per heavy atom. The normalized spacial score (nSPS) is 17.4. The Morgan fingerprint density at radius 2 is 2.00 bits per heavy atom. The number of nitrogens with one attached hydrogen (secondary N) is 1. The van der Waals surface area contributed by atoms with Crippen LogP contribution in [0.5, 0.6) is 0 Å². The van der Waals surface area contributed by atoms with Crippen LogP contribution in [0.4, 0.5) is 10.5 Å².